The molecule has 0 bridgehead atoms. The molecule has 2 aromatic rings. The van der Waals surface area contributed by atoms with Crippen molar-refractivity contribution in [3.63, 3.8) is 0 Å². The van der Waals surface area contributed by atoms with E-state index in [1.54, 1.807) is 12.1 Å². The maximum atomic E-state index is 13.6. The monoisotopic (exact) mass is 345 g/mol. The maximum absolute atomic E-state index is 13.6. The zero-order valence-electron chi connectivity index (χ0n) is 10.1. The molecule has 1 atom stereocenters. The van der Waals surface area contributed by atoms with Crippen LogP contribution in [-0.2, 0) is 0 Å². The van der Waals surface area contributed by atoms with Crippen LogP contribution in [0.2, 0.25) is 5.02 Å². The Morgan fingerprint density at radius 2 is 1.79 bits per heavy atom. The SMILES string of the molecule is CC(Nc1cc(Cl)ccc1F)c1ccc(F)c(Br)c1. The molecule has 0 aromatic heterocycles. The normalized spacial score (nSPS) is 12.3. The molecule has 0 aliphatic heterocycles. The molecule has 5 heteroatoms. The standard InChI is InChI=1S/C14H11BrClF2N/c1-8(9-2-4-12(17)11(15)6-9)19-14-7-10(16)3-5-13(14)18/h2-8,19H,1H3. The van der Waals surface area contributed by atoms with Gasteiger partial charge in [-0.25, -0.2) is 8.78 Å². The van der Waals surface area contributed by atoms with E-state index in [0.717, 1.165) is 5.56 Å². The summed E-state index contributed by atoms with van der Waals surface area (Å²) in [5.74, 6) is -0.706. The van der Waals surface area contributed by atoms with Gasteiger partial charge >= 0.3 is 0 Å². The molecule has 2 rings (SSSR count). The average Bonchev–Trinajstić information content (AvgIpc) is 2.37. The molecule has 0 heterocycles. The molecule has 0 saturated carbocycles. The van der Waals surface area contributed by atoms with E-state index in [2.05, 4.69) is 21.2 Å². The number of nitrogens with one attached hydrogen (secondary N) is 1. The Kier molecular flexibility index (Phi) is 4.42. The van der Waals surface area contributed by atoms with Gasteiger partial charge in [-0.05, 0) is 58.7 Å². The fourth-order valence-corrected chi connectivity index (χ4v) is 2.28. The van der Waals surface area contributed by atoms with E-state index in [0.29, 0.717) is 15.2 Å². The van der Waals surface area contributed by atoms with Crippen molar-refractivity contribution in [3.8, 4) is 0 Å². The second-order valence-electron chi connectivity index (χ2n) is 4.16. The van der Waals surface area contributed by atoms with Gasteiger partial charge in [-0.3, -0.25) is 0 Å². The van der Waals surface area contributed by atoms with Crippen LogP contribution in [0.1, 0.15) is 18.5 Å². The Morgan fingerprint density at radius 3 is 2.47 bits per heavy atom. The van der Waals surface area contributed by atoms with E-state index in [9.17, 15) is 8.78 Å². The highest BCUT2D eigenvalue weighted by Gasteiger charge is 2.10. The van der Waals surface area contributed by atoms with Crippen LogP contribution >= 0.6 is 27.5 Å². The van der Waals surface area contributed by atoms with Gasteiger partial charge in [0.25, 0.3) is 0 Å². The minimum Gasteiger partial charge on any atom is -0.376 e. The number of halogens is 4. The van der Waals surface area contributed by atoms with Gasteiger partial charge in [-0.15, -0.1) is 0 Å². The van der Waals surface area contributed by atoms with Crippen LogP contribution in [0.4, 0.5) is 14.5 Å². The molecule has 2 aromatic carbocycles. The van der Waals surface area contributed by atoms with E-state index in [4.69, 9.17) is 11.6 Å². The first-order valence-electron chi connectivity index (χ1n) is 5.64. The fraction of sp³-hybridized carbons (Fsp3) is 0.143. The Hall–Kier alpha value is -1.13. The summed E-state index contributed by atoms with van der Waals surface area (Å²) in [6, 6.07) is 8.82. The lowest BCUT2D eigenvalue weighted by Crippen LogP contribution is -2.08. The Balaban J connectivity index is 2.22. The van der Waals surface area contributed by atoms with Crippen molar-refractivity contribution >= 4 is 33.2 Å². The highest BCUT2D eigenvalue weighted by Crippen LogP contribution is 2.26. The van der Waals surface area contributed by atoms with Gasteiger partial charge in [0.1, 0.15) is 11.6 Å². The molecule has 0 fully saturated rings. The van der Waals surface area contributed by atoms with E-state index in [1.807, 2.05) is 6.92 Å². The molecule has 100 valence electrons. The van der Waals surface area contributed by atoms with Crippen molar-refractivity contribution < 1.29 is 8.78 Å². The minimum absolute atomic E-state index is 0.176. The third kappa shape index (κ3) is 3.45. The number of hydrogen-bond acceptors (Lipinski definition) is 1. The second-order valence-corrected chi connectivity index (χ2v) is 5.45. The summed E-state index contributed by atoms with van der Waals surface area (Å²) >= 11 is 8.96. The third-order valence-corrected chi connectivity index (χ3v) is 3.59. The van der Waals surface area contributed by atoms with Crippen molar-refractivity contribution in [2.75, 3.05) is 5.32 Å². The summed E-state index contributed by atoms with van der Waals surface area (Å²) in [4.78, 5) is 0. The molecule has 0 amide bonds. The van der Waals surface area contributed by atoms with Gasteiger partial charge in [-0.1, -0.05) is 17.7 Å². The Bertz CT molecular complexity index is 604. The molecule has 1 unspecified atom stereocenters. The highest BCUT2D eigenvalue weighted by molar-refractivity contribution is 9.10. The average molecular weight is 347 g/mol. The maximum Gasteiger partial charge on any atom is 0.146 e. The van der Waals surface area contributed by atoms with Gasteiger partial charge in [-0.2, -0.15) is 0 Å². The molecule has 1 N–H and O–H groups in total. The first kappa shape index (κ1) is 14.3. The summed E-state index contributed by atoms with van der Waals surface area (Å²) in [6.07, 6.45) is 0. The molecule has 0 saturated heterocycles. The van der Waals surface area contributed by atoms with Crippen molar-refractivity contribution in [1.29, 1.82) is 0 Å². The van der Waals surface area contributed by atoms with Crippen LogP contribution in [0.25, 0.3) is 0 Å². The summed E-state index contributed by atoms with van der Waals surface area (Å²) in [7, 11) is 0. The van der Waals surface area contributed by atoms with Crippen LogP contribution in [-0.4, -0.2) is 0 Å². The van der Waals surface area contributed by atoms with Gasteiger partial charge in [0.05, 0.1) is 10.2 Å². The van der Waals surface area contributed by atoms with E-state index in [-0.39, 0.29) is 17.7 Å². The van der Waals surface area contributed by atoms with Crippen molar-refractivity contribution in [2.45, 2.75) is 13.0 Å². The van der Waals surface area contributed by atoms with Gasteiger partial charge < -0.3 is 5.32 Å². The predicted molar refractivity (Wildman–Crippen MR) is 77.5 cm³/mol. The van der Waals surface area contributed by atoms with Crippen LogP contribution in [0.5, 0.6) is 0 Å². The smallest absolute Gasteiger partial charge is 0.146 e. The molecule has 1 nitrogen and oxygen atoms in total. The molecule has 0 spiro atoms. The molecule has 0 aliphatic carbocycles. The predicted octanol–water partition coefficient (Wildman–Crippen LogP) is 5.55. The first-order valence-corrected chi connectivity index (χ1v) is 6.81. The van der Waals surface area contributed by atoms with Crippen LogP contribution in [0, 0.1) is 11.6 Å². The Morgan fingerprint density at radius 1 is 1.11 bits per heavy atom. The summed E-state index contributed by atoms with van der Waals surface area (Å²) in [5.41, 5.74) is 1.16. The zero-order valence-corrected chi connectivity index (χ0v) is 12.4. The van der Waals surface area contributed by atoms with E-state index < -0.39 is 0 Å². The van der Waals surface area contributed by atoms with Crippen molar-refractivity contribution in [3.05, 3.63) is 63.1 Å². The molecule has 19 heavy (non-hydrogen) atoms. The second kappa shape index (κ2) is 5.88. The lowest BCUT2D eigenvalue weighted by Gasteiger charge is -2.17. The zero-order chi connectivity index (χ0) is 14.0. The van der Waals surface area contributed by atoms with Gasteiger partial charge in [0.15, 0.2) is 0 Å². The number of anilines is 1. The van der Waals surface area contributed by atoms with Crippen LogP contribution in [0.15, 0.2) is 40.9 Å². The quantitative estimate of drug-likeness (QED) is 0.768. The van der Waals surface area contributed by atoms with Crippen LogP contribution in [0.3, 0.4) is 0 Å². The van der Waals surface area contributed by atoms with E-state index in [1.165, 1.54) is 24.3 Å². The Labute approximate surface area is 123 Å². The number of benzene rings is 2. The van der Waals surface area contributed by atoms with Crippen molar-refractivity contribution in [1.82, 2.24) is 0 Å². The largest absolute Gasteiger partial charge is 0.376 e. The van der Waals surface area contributed by atoms with Gasteiger partial charge in [0, 0.05) is 11.1 Å². The summed E-state index contributed by atoms with van der Waals surface area (Å²) in [5, 5.41) is 3.47. The minimum atomic E-state index is -0.377. The number of rotatable bonds is 3. The van der Waals surface area contributed by atoms with Crippen LogP contribution < -0.4 is 5.32 Å². The molecular formula is C14H11BrClF2N. The molecular weight excluding hydrogens is 336 g/mol. The van der Waals surface area contributed by atoms with Gasteiger partial charge in [0.2, 0.25) is 0 Å². The van der Waals surface area contributed by atoms with Crippen molar-refractivity contribution in [2.24, 2.45) is 0 Å². The highest BCUT2D eigenvalue weighted by atomic mass is 79.9. The summed E-state index contributed by atoms with van der Waals surface area (Å²) < 4.78 is 27.1. The number of hydrogen-bond donors (Lipinski definition) is 1. The fourth-order valence-electron chi connectivity index (χ4n) is 1.71. The topological polar surface area (TPSA) is 12.0 Å². The van der Waals surface area contributed by atoms with E-state index >= 15 is 0 Å². The molecule has 0 radical (unpaired) electrons. The third-order valence-electron chi connectivity index (χ3n) is 2.74. The molecule has 0 aliphatic rings. The summed E-state index contributed by atoms with van der Waals surface area (Å²) in [6.45, 7) is 1.86. The first-order chi connectivity index (χ1) is 8.97. The lowest BCUT2D eigenvalue weighted by atomic mass is 10.1. The lowest BCUT2D eigenvalue weighted by molar-refractivity contribution is 0.618.